The molecular formula is C24H28N4O2. The Hall–Kier alpha value is -3.15. The summed E-state index contributed by atoms with van der Waals surface area (Å²) >= 11 is 0. The van der Waals surface area contributed by atoms with Crippen LogP contribution in [0.2, 0.25) is 0 Å². The zero-order chi connectivity index (χ0) is 21.3. The van der Waals surface area contributed by atoms with Crippen LogP contribution in [0, 0.1) is 0 Å². The third kappa shape index (κ3) is 4.08. The van der Waals surface area contributed by atoms with E-state index in [-0.39, 0.29) is 12.1 Å². The number of nitrogens with zero attached hydrogens (tertiary/aromatic N) is 4. The van der Waals surface area contributed by atoms with E-state index in [4.69, 9.17) is 4.74 Å². The van der Waals surface area contributed by atoms with Crippen molar-refractivity contribution in [3.63, 3.8) is 0 Å². The van der Waals surface area contributed by atoms with Crippen molar-refractivity contribution in [2.24, 2.45) is 0 Å². The Morgan fingerprint density at radius 3 is 2.30 bits per heavy atom. The molecule has 6 heteroatoms. The van der Waals surface area contributed by atoms with Gasteiger partial charge in [0, 0.05) is 42.0 Å². The van der Waals surface area contributed by atoms with Gasteiger partial charge in [0.15, 0.2) is 5.82 Å². The Labute approximate surface area is 177 Å². The van der Waals surface area contributed by atoms with E-state index >= 15 is 0 Å². The highest BCUT2D eigenvalue weighted by atomic mass is 16.6. The lowest BCUT2D eigenvalue weighted by Crippen LogP contribution is -2.55. The Morgan fingerprint density at radius 1 is 0.967 bits per heavy atom. The summed E-state index contributed by atoms with van der Waals surface area (Å²) in [7, 11) is 0. The van der Waals surface area contributed by atoms with Crippen LogP contribution in [-0.2, 0) is 4.74 Å². The minimum absolute atomic E-state index is 0.0166. The number of rotatable bonds is 2. The molecule has 2 aromatic carbocycles. The molecule has 0 bridgehead atoms. The van der Waals surface area contributed by atoms with Crippen molar-refractivity contribution in [1.82, 2.24) is 15.1 Å². The van der Waals surface area contributed by atoms with E-state index < -0.39 is 5.60 Å². The summed E-state index contributed by atoms with van der Waals surface area (Å²) in [6.45, 7) is 9.68. The molecule has 6 nitrogen and oxygen atoms in total. The smallest absolute Gasteiger partial charge is 0.410 e. The molecule has 1 atom stereocenters. The van der Waals surface area contributed by atoms with E-state index in [1.165, 1.54) is 0 Å². The molecule has 0 radical (unpaired) electrons. The molecular weight excluding hydrogens is 376 g/mol. The first kappa shape index (κ1) is 20.1. The molecule has 0 spiro atoms. The number of amides is 1. The van der Waals surface area contributed by atoms with Crippen molar-refractivity contribution in [3.05, 3.63) is 54.6 Å². The Morgan fingerprint density at radius 2 is 1.63 bits per heavy atom. The Bertz CT molecular complexity index is 1050. The molecule has 1 aliphatic heterocycles. The number of hydrogen-bond donors (Lipinski definition) is 0. The van der Waals surface area contributed by atoms with Crippen LogP contribution in [0.15, 0.2) is 54.6 Å². The quantitative estimate of drug-likeness (QED) is 0.617. The van der Waals surface area contributed by atoms with E-state index in [2.05, 4.69) is 39.4 Å². The largest absolute Gasteiger partial charge is 0.444 e. The number of ether oxygens (including phenoxy) is 1. The summed E-state index contributed by atoms with van der Waals surface area (Å²) in [5.74, 6) is 0.862. The van der Waals surface area contributed by atoms with Gasteiger partial charge in [-0.25, -0.2) is 4.79 Å². The highest BCUT2D eigenvalue weighted by molar-refractivity contribution is 6.00. The van der Waals surface area contributed by atoms with Gasteiger partial charge in [-0.05, 0) is 27.7 Å². The summed E-state index contributed by atoms with van der Waals surface area (Å²) in [5.41, 5.74) is 1.44. The SMILES string of the molecule is CC1CN(c2nnc(-c3ccccc3)c3ccccc23)CCN1C(=O)OC(C)(C)C. The second-order valence-electron chi connectivity index (χ2n) is 8.75. The van der Waals surface area contributed by atoms with Crippen molar-refractivity contribution in [1.29, 1.82) is 0 Å². The van der Waals surface area contributed by atoms with Crippen molar-refractivity contribution in [2.75, 3.05) is 24.5 Å². The van der Waals surface area contributed by atoms with Gasteiger partial charge in [0.1, 0.15) is 11.3 Å². The van der Waals surface area contributed by atoms with Crippen molar-refractivity contribution < 1.29 is 9.53 Å². The molecule has 0 saturated carbocycles. The van der Waals surface area contributed by atoms with Crippen LogP contribution in [0.1, 0.15) is 27.7 Å². The highest BCUT2D eigenvalue weighted by Gasteiger charge is 2.32. The van der Waals surface area contributed by atoms with Crippen LogP contribution in [0.5, 0.6) is 0 Å². The third-order valence-electron chi connectivity index (χ3n) is 5.27. The molecule has 1 unspecified atom stereocenters. The number of carbonyl (C=O) groups excluding carboxylic acids is 1. The fraction of sp³-hybridized carbons (Fsp3) is 0.375. The average Bonchev–Trinajstić information content (AvgIpc) is 2.72. The summed E-state index contributed by atoms with van der Waals surface area (Å²) in [4.78, 5) is 16.6. The highest BCUT2D eigenvalue weighted by Crippen LogP contribution is 2.32. The van der Waals surface area contributed by atoms with Crippen LogP contribution >= 0.6 is 0 Å². The lowest BCUT2D eigenvalue weighted by atomic mass is 10.0. The molecule has 0 N–H and O–H groups in total. The first-order valence-corrected chi connectivity index (χ1v) is 10.4. The van der Waals surface area contributed by atoms with Crippen molar-refractivity contribution >= 4 is 22.7 Å². The predicted molar refractivity (Wildman–Crippen MR) is 120 cm³/mol. The lowest BCUT2D eigenvalue weighted by Gasteiger charge is -2.40. The van der Waals surface area contributed by atoms with Gasteiger partial charge in [-0.2, -0.15) is 0 Å². The average molecular weight is 405 g/mol. The number of piperazine rings is 1. The number of carbonyl (C=O) groups is 1. The normalized spacial score (nSPS) is 17.3. The van der Waals surface area contributed by atoms with E-state index in [1.54, 1.807) is 4.90 Å². The zero-order valence-electron chi connectivity index (χ0n) is 18.0. The molecule has 2 heterocycles. The van der Waals surface area contributed by atoms with Crippen molar-refractivity contribution in [2.45, 2.75) is 39.3 Å². The maximum Gasteiger partial charge on any atom is 0.410 e. The molecule has 3 aromatic rings. The summed E-state index contributed by atoms with van der Waals surface area (Å²) in [6, 6.07) is 18.4. The van der Waals surface area contributed by atoms with Gasteiger partial charge in [-0.1, -0.05) is 54.6 Å². The minimum Gasteiger partial charge on any atom is -0.444 e. The topological polar surface area (TPSA) is 58.6 Å². The summed E-state index contributed by atoms with van der Waals surface area (Å²) in [5, 5.41) is 11.3. The predicted octanol–water partition coefficient (Wildman–Crippen LogP) is 4.74. The number of fused-ring (bicyclic) bond motifs is 1. The number of benzene rings is 2. The summed E-state index contributed by atoms with van der Waals surface area (Å²) in [6.07, 6.45) is -0.259. The molecule has 0 aliphatic carbocycles. The fourth-order valence-corrected chi connectivity index (χ4v) is 3.87. The van der Waals surface area contributed by atoms with Gasteiger partial charge in [0.25, 0.3) is 0 Å². The van der Waals surface area contributed by atoms with Gasteiger partial charge in [-0.15, -0.1) is 10.2 Å². The van der Waals surface area contributed by atoms with Gasteiger partial charge in [-0.3, -0.25) is 0 Å². The molecule has 1 amide bonds. The maximum atomic E-state index is 12.5. The van der Waals surface area contributed by atoms with E-state index in [1.807, 2.05) is 58.0 Å². The first-order chi connectivity index (χ1) is 14.3. The Balaban J connectivity index is 1.62. The van der Waals surface area contributed by atoms with Gasteiger partial charge in [0.05, 0.1) is 0 Å². The molecule has 156 valence electrons. The van der Waals surface area contributed by atoms with Crippen LogP contribution in [-0.4, -0.2) is 52.5 Å². The molecule has 4 rings (SSSR count). The Kier molecular flexibility index (Phi) is 5.33. The van der Waals surface area contributed by atoms with E-state index in [9.17, 15) is 4.79 Å². The molecule has 30 heavy (non-hydrogen) atoms. The van der Waals surface area contributed by atoms with Crippen LogP contribution in [0.25, 0.3) is 22.0 Å². The van der Waals surface area contributed by atoms with Gasteiger partial charge >= 0.3 is 6.09 Å². The van der Waals surface area contributed by atoms with Crippen LogP contribution in [0.3, 0.4) is 0 Å². The van der Waals surface area contributed by atoms with Crippen LogP contribution < -0.4 is 4.90 Å². The van der Waals surface area contributed by atoms with Gasteiger partial charge < -0.3 is 14.5 Å². The number of hydrogen-bond acceptors (Lipinski definition) is 5. The summed E-state index contributed by atoms with van der Waals surface area (Å²) < 4.78 is 5.56. The minimum atomic E-state index is -0.497. The number of aromatic nitrogens is 2. The maximum absolute atomic E-state index is 12.5. The monoisotopic (exact) mass is 404 g/mol. The second-order valence-corrected chi connectivity index (χ2v) is 8.75. The van der Waals surface area contributed by atoms with Gasteiger partial charge in [0.2, 0.25) is 0 Å². The lowest BCUT2D eigenvalue weighted by molar-refractivity contribution is 0.0158. The molecule has 1 saturated heterocycles. The molecule has 1 aromatic heterocycles. The zero-order valence-corrected chi connectivity index (χ0v) is 18.0. The fourth-order valence-electron chi connectivity index (χ4n) is 3.87. The number of anilines is 1. The standard InChI is InChI=1S/C24H28N4O2/c1-17-16-27(14-15-28(17)23(29)30-24(2,3)4)22-20-13-9-8-12-19(20)21(25-26-22)18-10-6-5-7-11-18/h5-13,17H,14-16H2,1-4H3. The molecule has 1 fully saturated rings. The molecule has 1 aliphatic rings. The second kappa shape index (κ2) is 7.94. The van der Waals surface area contributed by atoms with Crippen LogP contribution in [0.4, 0.5) is 10.6 Å². The first-order valence-electron chi connectivity index (χ1n) is 10.4. The van der Waals surface area contributed by atoms with E-state index in [0.29, 0.717) is 19.6 Å². The third-order valence-corrected chi connectivity index (χ3v) is 5.27. The van der Waals surface area contributed by atoms with E-state index in [0.717, 1.165) is 27.8 Å². The van der Waals surface area contributed by atoms with Crippen molar-refractivity contribution in [3.8, 4) is 11.3 Å².